The Morgan fingerprint density at radius 2 is 0.783 bits per heavy atom. The number of aliphatic carboxylic acids is 1. The van der Waals surface area contributed by atoms with Crippen LogP contribution >= 0.6 is 0 Å². The summed E-state index contributed by atoms with van der Waals surface area (Å²) in [7, 11) is 4.76. The number of ketones is 5. The average molecular weight is 1790 g/mol. The third-order valence-corrected chi connectivity index (χ3v) is 24.1. The van der Waals surface area contributed by atoms with Crippen molar-refractivity contribution in [2.24, 2.45) is 29.2 Å². The molecule has 0 spiro atoms. The first-order chi connectivity index (χ1) is 61.7. The summed E-state index contributed by atoms with van der Waals surface area (Å²) in [6.07, 6.45) is 15.9. The molecular formula is C99H136N8O22. The monoisotopic (exact) mass is 1790 g/mol. The van der Waals surface area contributed by atoms with Gasteiger partial charge in [-0.1, -0.05) is 120 Å². The largest absolute Gasteiger partial charge is 0.497 e. The highest BCUT2D eigenvalue weighted by atomic mass is 16.6. The van der Waals surface area contributed by atoms with E-state index < -0.39 is 71.0 Å². The van der Waals surface area contributed by atoms with Crippen molar-refractivity contribution in [1.82, 2.24) is 30.7 Å². The molecule has 0 unspecified atom stereocenters. The van der Waals surface area contributed by atoms with E-state index in [1.165, 1.54) is 12.0 Å². The molecule has 704 valence electrons. The van der Waals surface area contributed by atoms with Crippen LogP contribution in [-0.2, 0) is 104 Å². The van der Waals surface area contributed by atoms with Gasteiger partial charge in [0.2, 0.25) is 17.7 Å². The second-order valence-corrected chi connectivity index (χ2v) is 35.1. The molecule has 0 saturated carbocycles. The molecule has 30 nitrogen and oxygen atoms in total. The number of methoxy groups -OCH3 is 3. The summed E-state index contributed by atoms with van der Waals surface area (Å²) in [6.45, 7) is 14.0. The molecule has 10 atom stereocenters. The van der Waals surface area contributed by atoms with E-state index in [1.54, 1.807) is 61.2 Å². The van der Waals surface area contributed by atoms with Gasteiger partial charge in [0, 0.05) is 64.4 Å². The molecule has 0 radical (unpaired) electrons. The summed E-state index contributed by atoms with van der Waals surface area (Å²) < 4.78 is 37.1. The number of epoxide rings is 2. The number of carbonyl (C=O) groups is 11. The fourth-order valence-corrected chi connectivity index (χ4v) is 15.6. The number of amides is 3. The summed E-state index contributed by atoms with van der Waals surface area (Å²) in [5.41, 5.74) is 17.0. The number of nitrogens with zero attached hydrogens (tertiary/aromatic N) is 3. The SMILES string of the molecule is COc1ccc(C[C@H](CC(=O)[C@H](C)N)C(=O)OCc2ccccc2)cc1.COc1ccc(C[C@H](CC(=O)[C@H](C)NC(=O)CN2CCC(O)CC2)C(=O)N[C@@H](CC2=CCCC2)C(=O)[C@@]2(C)CO2)cc1.COc1ccc(C[C@H](CC(=O)[C@H](C)NC(=O)CN2CCC(O)CC2)C(=O)OCc2ccccc2)cc1.C[C@]1(C(=O)[C@@H](N)CC2=CCCC2)CO1.O=C(O)CN1CCC(O)CC1. The molecule has 7 aliphatic rings. The zero-order valence-electron chi connectivity index (χ0n) is 76.2. The van der Waals surface area contributed by atoms with Crippen LogP contribution in [0, 0.1) is 17.8 Å². The predicted molar refractivity (Wildman–Crippen MR) is 485 cm³/mol. The Morgan fingerprint density at radius 1 is 0.442 bits per heavy atom. The lowest BCUT2D eigenvalue weighted by Gasteiger charge is -2.29. The van der Waals surface area contributed by atoms with Crippen molar-refractivity contribution in [3.63, 3.8) is 0 Å². The minimum Gasteiger partial charge on any atom is -0.497 e. The number of aliphatic hydroxyl groups is 3. The maximum atomic E-state index is 13.8. The van der Waals surface area contributed by atoms with Crippen LogP contribution in [0.5, 0.6) is 17.2 Å². The van der Waals surface area contributed by atoms with Crippen LogP contribution in [0.2, 0.25) is 0 Å². The lowest BCUT2D eigenvalue weighted by Crippen LogP contribution is -2.49. The van der Waals surface area contributed by atoms with Gasteiger partial charge in [-0.15, -0.1) is 0 Å². The lowest BCUT2D eigenvalue weighted by molar-refractivity contribution is -0.152. The fourth-order valence-electron chi connectivity index (χ4n) is 15.6. The van der Waals surface area contributed by atoms with E-state index in [0.717, 1.165) is 77.7 Å². The second kappa shape index (κ2) is 53.2. The Kier molecular flexibility index (Phi) is 42.9. The Balaban J connectivity index is 0.000000213. The molecule has 30 heteroatoms. The summed E-state index contributed by atoms with van der Waals surface area (Å²) in [5.74, 6) is -3.10. The number of carbonyl (C=O) groups excluding carboxylic acids is 10. The third-order valence-electron chi connectivity index (χ3n) is 24.1. The number of Topliss-reactive ketones (excluding diaryl/α,β-unsaturated/α-hetero) is 5. The van der Waals surface area contributed by atoms with Crippen molar-refractivity contribution in [2.45, 2.75) is 236 Å². The predicted octanol–water partition coefficient (Wildman–Crippen LogP) is 8.24. The molecule has 3 amide bonds. The minimum atomic E-state index is -0.885. The van der Waals surface area contributed by atoms with Crippen LogP contribution in [0.3, 0.4) is 0 Å². The van der Waals surface area contributed by atoms with Crippen LogP contribution in [0.25, 0.3) is 0 Å². The number of carboxylic acid groups (broad SMARTS) is 1. The first-order valence-electron chi connectivity index (χ1n) is 45.1. The van der Waals surface area contributed by atoms with Gasteiger partial charge >= 0.3 is 17.9 Å². The van der Waals surface area contributed by atoms with Crippen molar-refractivity contribution in [3.05, 3.63) is 185 Å². The minimum absolute atomic E-state index is 0.0446. The standard InChI is InChI=1S/C32H45N3O7.C28H36N2O6.C21H25NO4.C11H17NO2.C7H13NO3/c1-21(33-29(38)19-35-14-12-25(36)13-15-35)28(37)18-24(16-23-8-10-26(41-3)11-9-23)31(40)34-27(17-22-6-4-5-7-22)30(39)32(2)20-42-32;1-20(29-27(33)18-30-14-12-24(31)13-15-30)26(32)17-23(16-21-8-10-25(35-2)11-9-21)28(34)36-19-22-6-4-3-5-7-22;1-15(22)20(23)13-18(12-16-8-10-19(25-2)11-9-16)21(24)26-14-17-6-4-3-5-7-17;1-11(7-14-11)10(13)9(12)6-8-4-2-3-5-8;9-6-1-3-8(4-2-6)5-7(10)11/h6,8-11,21,24-25,27,36H,4-5,7,12-20H2,1-3H3,(H,33,38)(H,34,40);3-11,20,23-24,31H,12-19H2,1-2H3,(H,29,33);3-11,15,18H,12-14,22H2,1-2H3;4,9H,2-3,5-7,12H2,1H3;6,9H,1-5H2,(H,10,11)/t21-,24+,27-,32+;20-,23+;15-,18+;9-,11+;/m0000./s1. The summed E-state index contributed by atoms with van der Waals surface area (Å²) in [6, 6.07) is 37.7. The number of allylic oxidation sites excluding steroid dienone is 2. The molecule has 0 bridgehead atoms. The molecule has 11 N–H and O–H groups in total. The molecule has 129 heavy (non-hydrogen) atoms. The van der Waals surface area contributed by atoms with Gasteiger partial charge in [-0.05, 0) is 208 Å². The lowest BCUT2D eigenvalue weighted by atomic mass is 9.89. The molecule has 5 aromatic rings. The summed E-state index contributed by atoms with van der Waals surface area (Å²) >= 11 is 0. The average Bonchev–Trinajstić information content (AvgIpc) is 1.65. The Hall–Kier alpha value is -10.3. The van der Waals surface area contributed by atoms with Crippen LogP contribution in [0.4, 0.5) is 0 Å². The fraction of sp³-hybridized carbons (Fsp3) is 0.545. The topological polar surface area (TPSA) is 438 Å². The number of benzene rings is 5. The van der Waals surface area contributed by atoms with Gasteiger partial charge in [0.1, 0.15) is 47.4 Å². The molecular weight excluding hydrogens is 1650 g/mol. The van der Waals surface area contributed by atoms with Crippen molar-refractivity contribution < 1.29 is 106 Å². The van der Waals surface area contributed by atoms with E-state index in [9.17, 15) is 63.0 Å². The molecule has 5 aromatic carbocycles. The number of rotatable bonds is 42. The number of piperidine rings is 3. The highest BCUT2D eigenvalue weighted by Crippen LogP contribution is 2.34. The maximum Gasteiger partial charge on any atom is 0.317 e. The van der Waals surface area contributed by atoms with Gasteiger partial charge < -0.3 is 81.0 Å². The van der Waals surface area contributed by atoms with Gasteiger partial charge in [-0.2, -0.15) is 0 Å². The van der Waals surface area contributed by atoms with Gasteiger partial charge in [0.25, 0.3) is 0 Å². The van der Waals surface area contributed by atoms with E-state index >= 15 is 0 Å². The van der Waals surface area contributed by atoms with Crippen molar-refractivity contribution >= 4 is 64.5 Å². The van der Waals surface area contributed by atoms with Gasteiger partial charge in [-0.3, -0.25) is 67.4 Å². The van der Waals surface area contributed by atoms with Gasteiger partial charge in [0.15, 0.2) is 23.1 Å². The molecule has 5 heterocycles. The maximum absolute atomic E-state index is 13.8. The molecule has 5 fully saturated rings. The normalized spacial score (nSPS) is 19.9. The quantitative estimate of drug-likeness (QED) is 0.0101. The molecule has 0 aromatic heterocycles. The van der Waals surface area contributed by atoms with E-state index in [1.807, 2.05) is 143 Å². The number of likely N-dealkylation sites (tertiary alicyclic amines) is 3. The molecule has 2 aliphatic carbocycles. The van der Waals surface area contributed by atoms with Crippen molar-refractivity contribution in [3.8, 4) is 17.2 Å². The second-order valence-electron chi connectivity index (χ2n) is 35.1. The summed E-state index contributed by atoms with van der Waals surface area (Å²) in [5, 5.41) is 45.4. The number of ether oxygens (including phenoxy) is 7. The van der Waals surface area contributed by atoms with Gasteiger partial charge in [0.05, 0.1) is 115 Å². The number of hydrogen-bond donors (Lipinski definition) is 9. The number of carboxylic acids is 1. The van der Waals surface area contributed by atoms with E-state index in [-0.39, 0.29) is 130 Å². The van der Waals surface area contributed by atoms with Gasteiger partial charge in [-0.25, -0.2) is 0 Å². The molecule has 5 aliphatic heterocycles. The zero-order chi connectivity index (χ0) is 93.6. The van der Waals surface area contributed by atoms with Crippen LogP contribution in [0.1, 0.15) is 172 Å². The molecule has 5 saturated heterocycles. The Bertz CT molecular complexity index is 4460. The number of hydrogen-bond acceptors (Lipinski definition) is 26. The third kappa shape index (κ3) is 37.3. The number of aliphatic hydroxyl groups excluding tert-OH is 3. The highest BCUT2D eigenvalue weighted by Gasteiger charge is 2.51. The van der Waals surface area contributed by atoms with Crippen LogP contribution in [0.15, 0.2) is 157 Å². The number of nitrogens with one attached hydrogen (secondary N) is 3. The van der Waals surface area contributed by atoms with Crippen molar-refractivity contribution in [2.75, 3.05) is 93.4 Å². The first kappa shape index (κ1) is 104. The molecule has 12 rings (SSSR count). The Labute approximate surface area is 758 Å². The zero-order valence-corrected chi connectivity index (χ0v) is 76.2. The summed E-state index contributed by atoms with van der Waals surface area (Å²) in [4.78, 5) is 144. The smallest absolute Gasteiger partial charge is 0.317 e. The van der Waals surface area contributed by atoms with E-state index in [4.69, 9.17) is 54.8 Å². The number of esters is 2. The van der Waals surface area contributed by atoms with Crippen molar-refractivity contribution in [1.29, 1.82) is 0 Å². The van der Waals surface area contributed by atoms with Crippen LogP contribution < -0.4 is 41.6 Å². The first-order valence-corrected chi connectivity index (χ1v) is 45.1. The van der Waals surface area contributed by atoms with E-state index in [0.29, 0.717) is 122 Å². The number of nitrogens with two attached hydrogens (primary N) is 2. The van der Waals surface area contributed by atoms with E-state index in [2.05, 4.69) is 28.1 Å². The van der Waals surface area contributed by atoms with Crippen LogP contribution in [-0.4, -0.2) is 253 Å². The Morgan fingerprint density at radius 3 is 1.12 bits per heavy atom. The highest BCUT2D eigenvalue weighted by molar-refractivity contribution is 5.99.